The van der Waals surface area contributed by atoms with Gasteiger partial charge in [-0.1, -0.05) is 44.2 Å². The number of halogens is 3. The molecule has 2 aromatic carbocycles. The van der Waals surface area contributed by atoms with Crippen LogP contribution in [0.3, 0.4) is 0 Å². The number of hydrogen-bond acceptors (Lipinski definition) is 3. The summed E-state index contributed by atoms with van der Waals surface area (Å²) in [5.74, 6) is 0.452. The standard InChI is InChI=1S/C27H31F3N2O2/c1-26(2)12-9-20-15-19(17-3-6-21(7-4-17)27(28,29)30)5-8-22(20)24(26)31-25(33)34-23-16-32-13-10-18(23)11-14-32/h3-8,15,18,23-24H,9-14,16H2,1-2H3,(H,31,33)/t23-,24?/m1/s1. The molecule has 0 saturated carbocycles. The smallest absolute Gasteiger partial charge is 0.416 e. The number of hydrogen-bond donors (Lipinski definition) is 1. The first-order valence-corrected chi connectivity index (χ1v) is 12.1. The summed E-state index contributed by atoms with van der Waals surface area (Å²) >= 11 is 0. The monoisotopic (exact) mass is 472 g/mol. The van der Waals surface area contributed by atoms with Gasteiger partial charge in [0.15, 0.2) is 0 Å². The Balaban J connectivity index is 1.34. The topological polar surface area (TPSA) is 41.6 Å². The highest BCUT2D eigenvalue weighted by atomic mass is 19.4. The van der Waals surface area contributed by atoms with E-state index >= 15 is 0 Å². The fourth-order valence-electron chi connectivity index (χ4n) is 5.76. The van der Waals surface area contributed by atoms with Crippen molar-refractivity contribution >= 4 is 6.09 Å². The Kier molecular flexibility index (Phi) is 5.87. The zero-order valence-corrected chi connectivity index (χ0v) is 19.6. The summed E-state index contributed by atoms with van der Waals surface area (Å²) in [6.45, 7) is 7.31. The number of nitrogens with zero attached hydrogens (tertiary/aromatic N) is 1. The number of benzene rings is 2. The minimum Gasteiger partial charge on any atom is -0.445 e. The number of carbonyl (C=O) groups is 1. The first kappa shape index (κ1) is 23.2. The summed E-state index contributed by atoms with van der Waals surface area (Å²) in [5, 5.41) is 3.15. The van der Waals surface area contributed by atoms with Crippen LogP contribution < -0.4 is 5.32 Å². The van der Waals surface area contributed by atoms with Crippen LogP contribution in [0.2, 0.25) is 0 Å². The lowest BCUT2D eigenvalue weighted by molar-refractivity contribution is -0.137. The molecule has 3 heterocycles. The van der Waals surface area contributed by atoms with Crippen molar-refractivity contribution in [2.45, 2.75) is 57.9 Å². The molecular weight excluding hydrogens is 441 g/mol. The van der Waals surface area contributed by atoms with Gasteiger partial charge in [-0.15, -0.1) is 0 Å². The van der Waals surface area contributed by atoms with Gasteiger partial charge in [-0.05, 0) is 84.5 Å². The highest BCUT2D eigenvalue weighted by Crippen LogP contribution is 2.44. The van der Waals surface area contributed by atoms with Gasteiger partial charge >= 0.3 is 12.3 Å². The molecular formula is C27H31F3N2O2. The van der Waals surface area contributed by atoms with Crippen LogP contribution >= 0.6 is 0 Å². The molecule has 0 aromatic heterocycles. The van der Waals surface area contributed by atoms with Gasteiger partial charge in [-0.25, -0.2) is 4.79 Å². The van der Waals surface area contributed by atoms with E-state index in [1.165, 1.54) is 12.1 Å². The number of alkyl halides is 3. The van der Waals surface area contributed by atoms with Crippen molar-refractivity contribution < 1.29 is 22.7 Å². The quantitative estimate of drug-likeness (QED) is 0.578. The number of nitrogens with one attached hydrogen (secondary N) is 1. The molecule has 2 bridgehead atoms. The third kappa shape index (κ3) is 4.54. The molecule has 1 N–H and O–H groups in total. The maximum absolute atomic E-state index is 12.9. The minimum atomic E-state index is -4.35. The first-order valence-electron chi connectivity index (χ1n) is 12.1. The third-order valence-corrected chi connectivity index (χ3v) is 7.94. The molecule has 4 nitrogen and oxygen atoms in total. The van der Waals surface area contributed by atoms with Gasteiger partial charge in [-0.2, -0.15) is 13.2 Å². The van der Waals surface area contributed by atoms with Crippen molar-refractivity contribution in [2.75, 3.05) is 19.6 Å². The molecule has 1 aliphatic carbocycles. The molecule has 0 radical (unpaired) electrons. The maximum Gasteiger partial charge on any atom is 0.416 e. The molecule has 7 heteroatoms. The molecule has 0 spiro atoms. The summed E-state index contributed by atoms with van der Waals surface area (Å²) in [6, 6.07) is 11.0. The summed E-state index contributed by atoms with van der Waals surface area (Å²) in [5.41, 5.74) is 2.99. The minimum absolute atomic E-state index is 0.0456. The van der Waals surface area contributed by atoms with Gasteiger partial charge in [-0.3, -0.25) is 4.90 Å². The second-order valence-corrected chi connectivity index (χ2v) is 10.6. The number of fused-ring (bicyclic) bond motifs is 4. The number of carbonyl (C=O) groups excluding carboxylic acids is 1. The SMILES string of the molecule is CC1(C)CCc2cc(-c3ccc(C(F)(F)F)cc3)ccc2C1NC(=O)O[C@@H]1CN2CCC1CC2. The van der Waals surface area contributed by atoms with Crippen molar-refractivity contribution in [1.82, 2.24) is 10.2 Å². The highest BCUT2D eigenvalue weighted by molar-refractivity contribution is 5.70. The van der Waals surface area contributed by atoms with E-state index in [0.717, 1.165) is 79.7 Å². The summed E-state index contributed by atoms with van der Waals surface area (Å²) in [7, 11) is 0. The van der Waals surface area contributed by atoms with E-state index in [-0.39, 0.29) is 23.7 Å². The Bertz CT molecular complexity index is 1060. The molecule has 6 rings (SSSR count). The van der Waals surface area contributed by atoms with Crippen molar-refractivity contribution in [2.24, 2.45) is 11.3 Å². The number of ether oxygens (including phenoxy) is 1. The fourth-order valence-corrected chi connectivity index (χ4v) is 5.76. The molecule has 1 unspecified atom stereocenters. The molecule has 182 valence electrons. The predicted molar refractivity (Wildman–Crippen MR) is 124 cm³/mol. The summed E-state index contributed by atoms with van der Waals surface area (Å²) in [6.07, 6.45) is -0.843. The van der Waals surface area contributed by atoms with Crippen molar-refractivity contribution in [3.63, 3.8) is 0 Å². The summed E-state index contributed by atoms with van der Waals surface area (Å²) < 4.78 is 44.6. The largest absolute Gasteiger partial charge is 0.445 e. The Morgan fingerprint density at radius 3 is 2.35 bits per heavy atom. The second-order valence-electron chi connectivity index (χ2n) is 10.6. The van der Waals surface area contributed by atoms with Crippen LogP contribution in [-0.4, -0.2) is 36.7 Å². The maximum atomic E-state index is 12.9. The van der Waals surface area contributed by atoms with E-state index in [2.05, 4.69) is 24.1 Å². The lowest BCUT2D eigenvalue weighted by Crippen LogP contribution is -2.53. The number of amides is 1. The lowest BCUT2D eigenvalue weighted by Gasteiger charge is -2.44. The van der Waals surface area contributed by atoms with E-state index in [1.54, 1.807) is 0 Å². The normalized spacial score (nSPS) is 27.7. The molecule has 34 heavy (non-hydrogen) atoms. The van der Waals surface area contributed by atoms with E-state index in [4.69, 9.17) is 4.74 Å². The average Bonchev–Trinajstić information content (AvgIpc) is 2.81. The van der Waals surface area contributed by atoms with Crippen LogP contribution in [0.15, 0.2) is 42.5 Å². The van der Waals surface area contributed by atoms with Crippen LogP contribution in [0, 0.1) is 11.3 Å². The van der Waals surface area contributed by atoms with Crippen molar-refractivity contribution in [3.05, 3.63) is 59.2 Å². The molecule has 4 aliphatic rings. The predicted octanol–water partition coefficient (Wildman–Crippen LogP) is 6.21. The van der Waals surface area contributed by atoms with E-state index < -0.39 is 11.7 Å². The van der Waals surface area contributed by atoms with Crippen LogP contribution in [0.25, 0.3) is 11.1 Å². The Hall–Kier alpha value is -2.54. The highest BCUT2D eigenvalue weighted by Gasteiger charge is 2.40. The van der Waals surface area contributed by atoms with E-state index in [1.807, 2.05) is 18.2 Å². The average molecular weight is 473 g/mol. The molecule has 2 aromatic rings. The Morgan fingerprint density at radius 1 is 1.06 bits per heavy atom. The van der Waals surface area contributed by atoms with Crippen LogP contribution in [-0.2, 0) is 17.3 Å². The zero-order valence-electron chi connectivity index (χ0n) is 19.6. The number of aryl methyl sites for hydroxylation is 1. The number of alkyl carbamates (subject to hydrolysis) is 1. The molecule has 2 atom stereocenters. The first-order chi connectivity index (χ1) is 16.1. The Morgan fingerprint density at radius 2 is 1.74 bits per heavy atom. The summed E-state index contributed by atoms with van der Waals surface area (Å²) in [4.78, 5) is 15.3. The molecule has 3 aliphatic heterocycles. The van der Waals surface area contributed by atoms with Gasteiger partial charge in [0.25, 0.3) is 0 Å². The third-order valence-electron chi connectivity index (χ3n) is 7.94. The van der Waals surface area contributed by atoms with Crippen molar-refractivity contribution in [3.8, 4) is 11.1 Å². The van der Waals surface area contributed by atoms with Crippen molar-refractivity contribution in [1.29, 1.82) is 0 Å². The van der Waals surface area contributed by atoms with Gasteiger partial charge < -0.3 is 10.1 Å². The van der Waals surface area contributed by atoms with Gasteiger partial charge in [0.1, 0.15) is 6.10 Å². The van der Waals surface area contributed by atoms with Gasteiger partial charge in [0.05, 0.1) is 11.6 Å². The Labute approximate surface area is 198 Å². The molecule has 1 amide bonds. The van der Waals surface area contributed by atoms with Crippen LogP contribution in [0.4, 0.5) is 18.0 Å². The fraction of sp³-hybridized carbons (Fsp3) is 0.519. The van der Waals surface area contributed by atoms with Gasteiger partial charge in [0, 0.05) is 6.54 Å². The van der Waals surface area contributed by atoms with E-state index in [0.29, 0.717) is 5.92 Å². The lowest BCUT2D eigenvalue weighted by atomic mass is 9.70. The van der Waals surface area contributed by atoms with E-state index in [9.17, 15) is 18.0 Å². The molecule has 3 saturated heterocycles. The second kappa shape index (κ2) is 8.59. The van der Waals surface area contributed by atoms with Crippen LogP contribution in [0.5, 0.6) is 0 Å². The zero-order chi connectivity index (χ0) is 24.1. The number of rotatable bonds is 3. The molecule has 3 fully saturated rings. The van der Waals surface area contributed by atoms with Crippen LogP contribution in [0.1, 0.15) is 55.8 Å². The van der Waals surface area contributed by atoms with Gasteiger partial charge in [0.2, 0.25) is 0 Å². The number of piperidine rings is 3.